The molecule has 0 fully saturated rings. The largest absolute Gasteiger partial charge is 0.489 e. The fourth-order valence-electron chi connectivity index (χ4n) is 1.34. The molecule has 1 rings (SSSR count). The van der Waals surface area contributed by atoms with Gasteiger partial charge in [-0.1, -0.05) is 31.5 Å². The molecule has 0 heterocycles. The predicted octanol–water partition coefficient (Wildman–Crippen LogP) is 2.39. The number of ether oxygens (including phenoxy) is 1. The van der Waals surface area contributed by atoms with Crippen LogP contribution >= 0.6 is 11.6 Å². The van der Waals surface area contributed by atoms with Gasteiger partial charge in [0.15, 0.2) is 0 Å². The first kappa shape index (κ1) is 14.3. The Kier molecular flexibility index (Phi) is 5.75. The van der Waals surface area contributed by atoms with Gasteiger partial charge in [-0.2, -0.15) is 0 Å². The molecule has 0 unspecified atom stereocenters. The third kappa shape index (κ3) is 5.39. The zero-order valence-electron chi connectivity index (χ0n) is 10.5. The third-order valence-electron chi connectivity index (χ3n) is 2.28. The highest BCUT2D eigenvalue weighted by atomic mass is 35.5. The van der Waals surface area contributed by atoms with Crippen LogP contribution in [0.4, 0.5) is 0 Å². The summed E-state index contributed by atoms with van der Waals surface area (Å²) in [6.45, 7) is 6.79. The van der Waals surface area contributed by atoms with Crippen molar-refractivity contribution in [3.8, 4) is 5.75 Å². The van der Waals surface area contributed by atoms with Crippen molar-refractivity contribution in [1.82, 2.24) is 5.32 Å². The van der Waals surface area contributed by atoms with Gasteiger partial charge in [0.05, 0.1) is 5.02 Å². The molecule has 0 aliphatic carbocycles. The minimum absolute atomic E-state index is 0.239. The summed E-state index contributed by atoms with van der Waals surface area (Å²) in [5.74, 6) is 0.621. The van der Waals surface area contributed by atoms with E-state index in [2.05, 4.69) is 5.32 Å². The number of aliphatic hydroxyl groups is 1. The summed E-state index contributed by atoms with van der Waals surface area (Å²) in [5.41, 5.74) is 1.08. The van der Waals surface area contributed by atoms with Gasteiger partial charge in [0.25, 0.3) is 0 Å². The summed E-state index contributed by atoms with van der Waals surface area (Å²) in [6, 6.07) is 5.94. The van der Waals surface area contributed by atoms with E-state index in [0.29, 0.717) is 23.4 Å². The average molecular weight is 258 g/mol. The van der Waals surface area contributed by atoms with Gasteiger partial charge in [-0.05, 0) is 24.6 Å². The third-order valence-corrected chi connectivity index (χ3v) is 2.59. The number of aryl methyl sites for hydroxylation is 1. The molecule has 0 spiro atoms. The van der Waals surface area contributed by atoms with Crippen LogP contribution in [-0.4, -0.2) is 30.4 Å². The molecular weight excluding hydrogens is 238 g/mol. The van der Waals surface area contributed by atoms with E-state index in [9.17, 15) is 5.11 Å². The van der Waals surface area contributed by atoms with Crippen LogP contribution in [0.2, 0.25) is 5.02 Å². The van der Waals surface area contributed by atoms with Crippen molar-refractivity contribution >= 4 is 11.6 Å². The van der Waals surface area contributed by atoms with Gasteiger partial charge in [0, 0.05) is 12.6 Å². The van der Waals surface area contributed by atoms with Crippen LogP contribution in [0.15, 0.2) is 18.2 Å². The SMILES string of the molecule is Cc1ccc(Cl)c(OC[C@H](O)CNC(C)C)c1. The molecule has 0 bridgehead atoms. The number of benzene rings is 1. The summed E-state index contributed by atoms with van der Waals surface area (Å²) in [4.78, 5) is 0. The Labute approximate surface area is 108 Å². The van der Waals surface area contributed by atoms with Crippen LogP contribution in [0.3, 0.4) is 0 Å². The fourth-order valence-corrected chi connectivity index (χ4v) is 1.51. The molecule has 2 N–H and O–H groups in total. The van der Waals surface area contributed by atoms with Gasteiger partial charge >= 0.3 is 0 Å². The molecule has 1 aromatic carbocycles. The molecule has 0 saturated carbocycles. The van der Waals surface area contributed by atoms with E-state index in [1.54, 1.807) is 6.07 Å². The molecule has 1 atom stereocenters. The van der Waals surface area contributed by atoms with Gasteiger partial charge in [-0.15, -0.1) is 0 Å². The highest BCUT2D eigenvalue weighted by Crippen LogP contribution is 2.25. The van der Waals surface area contributed by atoms with E-state index >= 15 is 0 Å². The van der Waals surface area contributed by atoms with E-state index in [1.165, 1.54) is 0 Å². The molecule has 0 radical (unpaired) electrons. The monoisotopic (exact) mass is 257 g/mol. The van der Waals surface area contributed by atoms with Crippen LogP contribution in [-0.2, 0) is 0 Å². The summed E-state index contributed by atoms with van der Waals surface area (Å²) < 4.78 is 5.49. The van der Waals surface area contributed by atoms with Gasteiger partial charge in [0.2, 0.25) is 0 Å². The van der Waals surface area contributed by atoms with Crippen LogP contribution in [0.25, 0.3) is 0 Å². The first-order valence-corrected chi connectivity index (χ1v) is 6.17. The van der Waals surface area contributed by atoms with E-state index < -0.39 is 6.10 Å². The quantitative estimate of drug-likeness (QED) is 0.822. The lowest BCUT2D eigenvalue weighted by atomic mass is 10.2. The van der Waals surface area contributed by atoms with Gasteiger partial charge in [-0.25, -0.2) is 0 Å². The van der Waals surface area contributed by atoms with Crippen molar-refractivity contribution in [2.45, 2.75) is 32.9 Å². The van der Waals surface area contributed by atoms with Crippen LogP contribution in [0.5, 0.6) is 5.75 Å². The number of hydrogen-bond donors (Lipinski definition) is 2. The Balaban J connectivity index is 2.41. The van der Waals surface area contributed by atoms with Crippen molar-refractivity contribution in [2.75, 3.05) is 13.2 Å². The molecule has 17 heavy (non-hydrogen) atoms. The Hall–Kier alpha value is -0.770. The minimum atomic E-state index is -0.533. The van der Waals surface area contributed by atoms with Crippen LogP contribution in [0.1, 0.15) is 19.4 Å². The highest BCUT2D eigenvalue weighted by Gasteiger charge is 2.08. The first-order valence-electron chi connectivity index (χ1n) is 5.79. The standard InChI is InChI=1S/C13H20ClNO2/c1-9(2)15-7-11(16)8-17-13-6-10(3)4-5-12(13)14/h4-6,9,11,15-16H,7-8H2,1-3H3/t11-/m1/s1. The number of aliphatic hydroxyl groups excluding tert-OH is 1. The second-order valence-electron chi connectivity index (χ2n) is 4.46. The molecule has 0 aliphatic rings. The van der Waals surface area contributed by atoms with E-state index in [-0.39, 0.29) is 6.61 Å². The van der Waals surface area contributed by atoms with Gasteiger partial charge in [-0.3, -0.25) is 0 Å². The van der Waals surface area contributed by atoms with Crippen molar-refractivity contribution in [3.05, 3.63) is 28.8 Å². The minimum Gasteiger partial charge on any atom is -0.489 e. The maximum Gasteiger partial charge on any atom is 0.138 e. The molecule has 3 nitrogen and oxygen atoms in total. The number of halogens is 1. The first-order chi connectivity index (χ1) is 7.99. The van der Waals surface area contributed by atoms with Crippen molar-refractivity contribution in [2.24, 2.45) is 0 Å². The van der Waals surface area contributed by atoms with Gasteiger partial charge < -0.3 is 15.2 Å². The zero-order chi connectivity index (χ0) is 12.8. The maximum atomic E-state index is 9.69. The number of rotatable bonds is 6. The molecule has 0 aromatic heterocycles. The molecule has 0 aliphatic heterocycles. The molecule has 4 heteroatoms. The predicted molar refractivity (Wildman–Crippen MR) is 70.8 cm³/mol. The molecule has 0 amide bonds. The molecule has 1 aromatic rings. The molecular formula is C13H20ClNO2. The summed E-state index contributed by atoms with van der Waals surface area (Å²) in [7, 11) is 0. The summed E-state index contributed by atoms with van der Waals surface area (Å²) in [5, 5.41) is 13.4. The zero-order valence-corrected chi connectivity index (χ0v) is 11.3. The smallest absolute Gasteiger partial charge is 0.138 e. The van der Waals surface area contributed by atoms with Crippen molar-refractivity contribution in [3.63, 3.8) is 0 Å². The normalized spacial score (nSPS) is 12.8. The van der Waals surface area contributed by atoms with Gasteiger partial charge in [0.1, 0.15) is 18.5 Å². The second kappa shape index (κ2) is 6.84. The lowest BCUT2D eigenvalue weighted by Crippen LogP contribution is -2.35. The maximum absolute atomic E-state index is 9.69. The number of nitrogens with one attached hydrogen (secondary N) is 1. The second-order valence-corrected chi connectivity index (χ2v) is 4.87. The molecule has 0 saturated heterocycles. The molecule has 96 valence electrons. The Morgan fingerprint density at radius 3 is 2.76 bits per heavy atom. The van der Waals surface area contributed by atoms with Crippen LogP contribution in [0, 0.1) is 6.92 Å². The lowest BCUT2D eigenvalue weighted by Gasteiger charge is -2.15. The van der Waals surface area contributed by atoms with E-state index in [4.69, 9.17) is 16.3 Å². The number of hydrogen-bond acceptors (Lipinski definition) is 3. The van der Waals surface area contributed by atoms with E-state index in [1.807, 2.05) is 32.9 Å². The lowest BCUT2D eigenvalue weighted by molar-refractivity contribution is 0.104. The van der Waals surface area contributed by atoms with Crippen molar-refractivity contribution in [1.29, 1.82) is 0 Å². The topological polar surface area (TPSA) is 41.5 Å². The summed E-state index contributed by atoms with van der Waals surface area (Å²) >= 11 is 5.98. The summed E-state index contributed by atoms with van der Waals surface area (Å²) in [6.07, 6.45) is -0.533. The Bertz CT molecular complexity index is 355. The Morgan fingerprint density at radius 2 is 2.12 bits per heavy atom. The highest BCUT2D eigenvalue weighted by molar-refractivity contribution is 6.32. The van der Waals surface area contributed by atoms with Crippen LogP contribution < -0.4 is 10.1 Å². The fraction of sp³-hybridized carbons (Fsp3) is 0.538. The average Bonchev–Trinajstić information content (AvgIpc) is 2.27. The van der Waals surface area contributed by atoms with E-state index in [0.717, 1.165) is 5.56 Å². The Morgan fingerprint density at radius 1 is 1.41 bits per heavy atom. The van der Waals surface area contributed by atoms with Crippen molar-refractivity contribution < 1.29 is 9.84 Å².